The molecule has 2 N–H and O–H groups in total. The first-order chi connectivity index (χ1) is 10.2. The van der Waals surface area contributed by atoms with Crippen molar-refractivity contribution in [2.75, 3.05) is 19.5 Å². The first kappa shape index (κ1) is 19.3. The van der Waals surface area contributed by atoms with E-state index in [1.54, 1.807) is 26.0 Å². The first-order valence-corrected chi connectivity index (χ1v) is 8.77. The molecule has 1 atom stereocenters. The molecule has 1 aromatic carbocycles. The van der Waals surface area contributed by atoms with Crippen LogP contribution in [0.3, 0.4) is 0 Å². The Bertz CT molecular complexity index is 591. The third kappa shape index (κ3) is 4.15. The fourth-order valence-electron chi connectivity index (χ4n) is 1.81. The summed E-state index contributed by atoms with van der Waals surface area (Å²) in [5, 5.41) is 4.75. The van der Waals surface area contributed by atoms with Gasteiger partial charge in [-0.3, -0.25) is 4.57 Å². The van der Waals surface area contributed by atoms with Crippen molar-refractivity contribution in [3.05, 3.63) is 28.2 Å². The minimum atomic E-state index is -3.50. The molecule has 1 unspecified atom stereocenters. The van der Waals surface area contributed by atoms with Crippen LogP contribution in [-0.4, -0.2) is 25.5 Å². The Labute approximate surface area is 140 Å². The second kappa shape index (κ2) is 7.66. The van der Waals surface area contributed by atoms with Crippen molar-refractivity contribution in [3.63, 3.8) is 0 Å². The molecule has 0 aliphatic carbocycles. The standard InChI is InChI=1S/C13H19Cl2N2O4P/c1-5-13(2,22(19,20-3)21-4)17-12(18)16-9-6-7-10(14)11(15)8-9/h6-8H,5H2,1-4H3,(H2,16,17,18). The maximum atomic E-state index is 12.6. The van der Waals surface area contributed by atoms with Crippen molar-refractivity contribution < 1.29 is 18.4 Å². The highest BCUT2D eigenvalue weighted by atomic mass is 35.5. The molecule has 0 aliphatic rings. The van der Waals surface area contributed by atoms with Crippen molar-refractivity contribution in [3.8, 4) is 0 Å². The van der Waals surface area contributed by atoms with Crippen molar-refractivity contribution in [2.24, 2.45) is 0 Å². The summed E-state index contributed by atoms with van der Waals surface area (Å²) in [5.74, 6) is 0. The van der Waals surface area contributed by atoms with Gasteiger partial charge in [0.25, 0.3) is 0 Å². The summed E-state index contributed by atoms with van der Waals surface area (Å²) in [6.45, 7) is 3.36. The lowest BCUT2D eigenvalue weighted by Crippen LogP contribution is -2.47. The van der Waals surface area contributed by atoms with Crippen LogP contribution in [0.2, 0.25) is 10.0 Å². The van der Waals surface area contributed by atoms with Gasteiger partial charge in [-0.2, -0.15) is 0 Å². The number of carbonyl (C=O) groups excluding carboxylic acids is 1. The molecule has 22 heavy (non-hydrogen) atoms. The highest BCUT2D eigenvalue weighted by Crippen LogP contribution is 2.58. The lowest BCUT2D eigenvalue weighted by Gasteiger charge is -2.34. The summed E-state index contributed by atoms with van der Waals surface area (Å²) in [5.41, 5.74) is 0.454. The summed E-state index contributed by atoms with van der Waals surface area (Å²) in [7, 11) is -0.949. The van der Waals surface area contributed by atoms with Crippen LogP contribution in [0.5, 0.6) is 0 Å². The van der Waals surface area contributed by atoms with Crippen LogP contribution in [0.15, 0.2) is 18.2 Å². The number of hydrogen-bond acceptors (Lipinski definition) is 4. The predicted molar refractivity (Wildman–Crippen MR) is 88.9 cm³/mol. The SMILES string of the molecule is CCC(C)(NC(=O)Nc1ccc(Cl)c(Cl)c1)P(=O)(OC)OC. The molecule has 0 heterocycles. The maximum absolute atomic E-state index is 12.6. The smallest absolute Gasteiger partial charge is 0.321 e. The van der Waals surface area contributed by atoms with E-state index in [4.69, 9.17) is 32.2 Å². The average Bonchev–Trinajstić information content (AvgIpc) is 2.49. The minimum Gasteiger partial charge on any atom is -0.321 e. The van der Waals surface area contributed by atoms with Crippen LogP contribution in [0.25, 0.3) is 0 Å². The van der Waals surface area contributed by atoms with Gasteiger partial charge in [0.15, 0.2) is 0 Å². The van der Waals surface area contributed by atoms with Crippen LogP contribution in [0.1, 0.15) is 20.3 Å². The number of rotatable bonds is 6. The summed E-state index contributed by atoms with van der Waals surface area (Å²) in [6, 6.07) is 4.12. The molecule has 0 aromatic heterocycles. The van der Waals surface area contributed by atoms with E-state index in [0.29, 0.717) is 22.2 Å². The molecule has 0 radical (unpaired) electrons. The molecule has 0 aliphatic heterocycles. The quantitative estimate of drug-likeness (QED) is 0.711. The molecule has 0 saturated carbocycles. The molecule has 1 rings (SSSR count). The van der Waals surface area contributed by atoms with Gasteiger partial charge in [-0.1, -0.05) is 30.1 Å². The second-order valence-corrected chi connectivity index (χ2v) is 8.22. The van der Waals surface area contributed by atoms with E-state index >= 15 is 0 Å². The molecule has 6 nitrogen and oxygen atoms in total. The number of halogens is 2. The maximum Gasteiger partial charge on any atom is 0.355 e. The van der Waals surface area contributed by atoms with Gasteiger partial charge in [0.1, 0.15) is 5.28 Å². The summed E-state index contributed by atoms with van der Waals surface area (Å²) < 4.78 is 22.5. The molecule has 0 saturated heterocycles. The van der Waals surface area contributed by atoms with Gasteiger partial charge in [-0.05, 0) is 31.5 Å². The molecule has 9 heteroatoms. The third-order valence-corrected chi connectivity index (χ3v) is 6.67. The molecule has 2 amide bonds. The van der Waals surface area contributed by atoms with Crippen molar-refractivity contribution >= 4 is 42.5 Å². The highest BCUT2D eigenvalue weighted by molar-refractivity contribution is 7.55. The number of hydrogen-bond donors (Lipinski definition) is 2. The van der Waals surface area contributed by atoms with Gasteiger partial charge in [0, 0.05) is 19.9 Å². The largest absolute Gasteiger partial charge is 0.355 e. The van der Waals surface area contributed by atoms with Gasteiger partial charge in [-0.15, -0.1) is 0 Å². The van der Waals surface area contributed by atoms with Crippen LogP contribution in [-0.2, 0) is 13.6 Å². The summed E-state index contributed by atoms with van der Waals surface area (Å²) in [4.78, 5) is 12.1. The molecular weight excluding hydrogens is 350 g/mol. The lowest BCUT2D eigenvalue weighted by molar-refractivity contribution is 0.221. The lowest BCUT2D eigenvalue weighted by atomic mass is 10.2. The van der Waals surface area contributed by atoms with Crippen LogP contribution >= 0.6 is 30.8 Å². The van der Waals surface area contributed by atoms with Crippen molar-refractivity contribution in [1.82, 2.24) is 5.32 Å². The molecule has 124 valence electrons. The molecule has 0 spiro atoms. The van der Waals surface area contributed by atoms with Crippen LogP contribution < -0.4 is 10.6 Å². The summed E-state index contributed by atoms with van der Waals surface area (Å²) >= 11 is 11.7. The predicted octanol–water partition coefficient (Wildman–Crippen LogP) is 4.73. The fourth-order valence-corrected chi connectivity index (χ4v) is 3.69. The monoisotopic (exact) mass is 368 g/mol. The zero-order chi connectivity index (χ0) is 17.0. The Kier molecular flexibility index (Phi) is 6.71. The van der Waals surface area contributed by atoms with Crippen LogP contribution in [0, 0.1) is 0 Å². The van der Waals surface area contributed by atoms with Crippen molar-refractivity contribution in [2.45, 2.75) is 25.5 Å². The fraction of sp³-hybridized carbons (Fsp3) is 0.462. The Hall–Kier alpha value is -0.780. The Morgan fingerprint density at radius 3 is 2.32 bits per heavy atom. The average molecular weight is 369 g/mol. The van der Waals surface area contributed by atoms with Crippen molar-refractivity contribution in [1.29, 1.82) is 0 Å². The Morgan fingerprint density at radius 1 is 1.27 bits per heavy atom. The number of benzene rings is 1. The van der Waals surface area contributed by atoms with E-state index in [2.05, 4.69) is 10.6 Å². The van der Waals surface area contributed by atoms with E-state index < -0.39 is 18.9 Å². The Morgan fingerprint density at radius 2 is 1.86 bits per heavy atom. The molecule has 0 bridgehead atoms. The normalized spacial score (nSPS) is 14.3. The number of nitrogens with one attached hydrogen (secondary N) is 2. The highest BCUT2D eigenvalue weighted by Gasteiger charge is 2.46. The number of anilines is 1. The van der Waals surface area contributed by atoms with Gasteiger partial charge in [0.2, 0.25) is 0 Å². The number of amides is 2. The number of urea groups is 1. The minimum absolute atomic E-state index is 0.317. The summed E-state index contributed by atoms with van der Waals surface area (Å²) in [6.07, 6.45) is 0.348. The zero-order valence-electron chi connectivity index (χ0n) is 12.8. The van der Waals surface area contributed by atoms with E-state index in [1.807, 2.05) is 0 Å². The number of carbonyl (C=O) groups is 1. The van der Waals surface area contributed by atoms with Gasteiger partial charge in [-0.25, -0.2) is 4.79 Å². The van der Waals surface area contributed by atoms with E-state index in [-0.39, 0.29) is 0 Å². The van der Waals surface area contributed by atoms with Gasteiger partial charge >= 0.3 is 13.6 Å². The van der Waals surface area contributed by atoms with Gasteiger partial charge < -0.3 is 19.7 Å². The van der Waals surface area contributed by atoms with Crippen LogP contribution in [0.4, 0.5) is 10.5 Å². The Balaban J connectivity index is 2.89. The third-order valence-electron chi connectivity index (χ3n) is 3.33. The zero-order valence-corrected chi connectivity index (χ0v) is 15.2. The molecule has 0 fully saturated rings. The second-order valence-electron chi connectivity index (χ2n) is 4.70. The van der Waals surface area contributed by atoms with E-state index in [0.717, 1.165) is 0 Å². The van der Waals surface area contributed by atoms with E-state index in [1.165, 1.54) is 20.3 Å². The molecule has 1 aromatic rings. The topological polar surface area (TPSA) is 76.7 Å². The first-order valence-electron chi connectivity index (χ1n) is 6.47. The molecular formula is C13H19Cl2N2O4P. The van der Waals surface area contributed by atoms with E-state index in [9.17, 15) is 9.36 Å². The van der Waals surface area contributed by atoms with Gasteiger partial charge in [0.05, 0.1) is 10.0 Å².